The summed E-state index contributed by atoms with van der Waals surface area (Å²) < 4.78 is 17.0. The first-order valence-corrected chi connectivity index (χ1v) is 32.8. The maximum Gasteiger partial charge on any atom is 0.306 e. The highest BCUT2D eigenvalue weighted by Gasteiger charge is 2.19. The third-order valence-electron chi connectivity index (χ3n) is 15.6. The van der Waals surface area contributed by atoms with Crippen molar-refractivity contribution in [3.8, 4) is 0 Å². The van der Waals surface area contributed by atoms with Gasteiger partial charge in [-0.05, 0) is 31.1 Å². The lowest BCUT2D eigenvalue weighted by Gasteiger charge is -2.18. The number of hydrogen-bond acceptors (Lipinski definition) is 6. The van der Waals surface area contributed by atoms with Gasteiger partial charge in [-0.3, -0.25) is 14.4 Å². The summed E-state index contributed by atoms with van der Waals surface area (Å²) in [5, 5.41) is 0. The summed E-state index contributed by atoms with van der Waals surface area (Å²) >= 11 is 0. The van der Waals surface area contributed by atoms with Gasteiger partial charge in [0.05, 0.1) is 0 Å². The van der Waals surface area contributed by atoms with E-state index in [4.69, 9.17) is 14.2 Å². The minimum Gasteiger partial charge on any atom is -0.462 e. The molecule has 428 valence electrons. The summed E-state index contributed by atoms with van der Waals surface area (Å²) in [6.45, 7) is 11.5. The molecule has 72 heavy (non-hydrogen) atoms. The van der Waals surface area contributed by atoms with Gasteiger partial charge < -0.3 is 14.2 Å². The summed E-state index contributed by atoms with van der Waals surface area (Å²) in [5.74, 6) is 0.918. The van der Waals surface area contributed by atoms with Crippen LogP contribution >= 0.6 is 0 Å². The van der Waals surface area contributed by atoms with Crippen LogP contribution in [0.15, 0.2) is 0 Å². The number of esters is 3. The average Bonchev–Trinajstić information content (AvgIpc) is 3.37. The molecule has 0 amide bonds. The number of rotatable bonds is 60. The Kier molecular flexibility index (Phi) is 57.4. The minimum atomic E-state index is -0.764. The van der Waals surface area contributed by atoms with Gasteiger partial charge >= 0.3 is 17.9 Å². The van der Waals surface area contributed by atoms with E-state index in [1.54, 1.807) is 0 Å². The lowest BCUT2D eigenvalue weighted by molar-refractivity contribution is -0.167. The Balaban J connectivity index is 4.29. The molecule has 0 aliphatic carbocycles. The molecule has 6 heteroatoms. The van der Waals surface area contributed by atoms with Crippen molar-refractivity contribution in [2.45, 2.75) is 381 Å². The second-order valence-corrected chi connectivity index (χ2v) is 23.5. The van der Waals surface area contributed by atoms with E-state index in [2.05, 4.69) is 34.6 Å². The zero-order valence-electron chi connectivity index (χ0n) is 49.6. The molecule has 0 radical (unpaired) electrons. The smallest absolute Gasteiger partial charge is 0.306 e. The fourth-order valence-electron chi connectivity index (χ4n) is 10.3. The Morgan fingerprint density at radius 1 is 0.292 bits per heavy atom. The molecule has 2 atom stereocenters. The Bertz CT molecular complexity index is 1110. The molecule has 0 heterocycles. The summed E-state index contributed by atoms with van der Waals surface area (Å²) in [4.78, 5) is 38.4. The number of unbranched alkanes of at least 4 members (excludes halogenated alkanes) is 44. The van der Waals surface area contributed by atoms with Gasteiger partial charge in [-0.2, -0.15) is 0 Å². The highest BCUT2D eigenvalue weighted by Crippen LogP contribution is 2.19. The second-order valence-electron chi connectivity index (χ2n) is 23.5. The number of ether oxygens (including phenoxy) is 3. The lowest BCUT2D eigenvalue weighted by Crippen LogP contribution is -2.30. The van der Waals surface area contributed by atoms with Crippen LogP contribution in [-0.2, 0) is 28.6 Å². The maximum atomic E-state index is 12.9. The first kappa shape index (κ1) is 70.4. The van der Waals surface area contributed by atoms with Crippen molar-refractivity contribution in [2.75, 3.05) is 13.2 Å². The molecule has 0 saturated carbocycles. The fourth-order valence-corrected chi connectivity index (χ4v) is 10.3. The van der Waals surface area contributed by atoms with E-state index in [-0.39, 0.29) is 31.1 Å². The van der Waals surface area contributed by atoms with Crippen LogP contribution in [0.25, 0.3) is 0 Å². The van der Waals surface area contributed by atoms with E-state index in [0.717, 1.165) is 69.6 Å². The third-order valence-corrected chi connectivity index (χ3v) is 15.6. The molecule has 0 aliphatic heterocycles. The predicted octanol–water partition coefficient (Wildman–Crippen LogP) is 22.0. The van der Waals surface area contributed by atoms with Crippen LogP contribution in [0.1, 0.15) is 375 Å². The van der Waals surface area contributed by atoms with E-state index in [9.17, 15) is 14.4 Å². The van der Waals surface area contributed by atoms with Gasteiger partial charge in [0.1, 0.15) is 13.2 Å². The molecule has 0 aromatic carbocycles. The van der Waals surface area contributed by atoms with E-state index in [1.165, 1.54) is 263 Å². The summed E-state index contributed by atoms with van der Waals surface area (Å²) in [7, 11) is 0. The SMILES string of the molecule is CCCCCCCCCCCCCCCCCCCC(=O)OC[C@@H](COC(=O)CCCCCCCCCCCCCCCCCCC(C)C)OC(=O)CCCCCCCCCCCCCCCCC(C)CC. The van der Waals surface area contributed by atoms with Crippen molar-refractivity contribution in [1.82, 2.24) is 0 Å². The Hall–Kier alpha value is -1.59. The normalized spacial score (nSPS) is 12.4. The van der Waals surface area contributed by atoms with Gasteiger partial charge in [0.25, 0.3) is 0 Å². The second kappa shape index (κ2) is 58.7. The molecule has 0 aromatic rings. The molecular formula is C66H128O6. The summed E-state index contributed by atoms with van der Waals surface area (Å²) in [6, 6.07) is 0. The molecule has 0 aliphatic rings. The van der Waals surface area contributed by atoms with Gasteiger partial charge in [-0.1, -0.05) is 336 Å². The zero-order chi connectivity index (χ0) is 52.5. The van der Waals surface area contributed by atoms with Crippen LogP contribution in [0.3, 0.4) is 0 Å². The standard InChI is InChI=1S/C66H128O6/c1-6-8-9-10-11-12-13-14-15-16-20-26-31-36-41-46-51-56-64(67)70-59-63(72-66(69)58-53-48-43-38-33-28-23-22-25-30-35-40-45-50-55-62(5)7-2)60-71-65(68)57-52-47-42-37-32-27-21-18-17-19-24-29-34-39-44-49-54-61(3)4/h61-63H,6-60H2,1-5H3/t62?,63-/m0/s1. The van der Waals surface area contributed by atoms with Crippen molar-refractivity contribution in [3.63, 3.8) is 0 Å². The fraction of sp³-hybridized carbons (Fsp3) is 0.955. The quantitative estimate of drug-likeness (QED) is 0.0343. The lowest BCUT2D eigenvalue weighted by atomic mass is 9.99. The van der Waals surface area contributed by atoms with Crippen LogP contribution in [0.2, 0.25) is 0 Å². The molecule has 6 nitrogen and oxygen atoms in total. The molecular weight excluding hydrogens is 889 g/mol. The van der Waals surface area contributed by atoms with Crippen molar-refractivity contribution >= 4 is 17.9 Å². The van der Waals surface area contributed by atoms with Crippen LogP contribution in [0.5, 0.6) is 0 Å². The Labute approximate surface area is 450 Å². The van der Waals surface area contributed by atoms with E-state index in [0.29, 0.717) is 19.3 Å². The van der Waals surface area contributed by atoms with E-state index in [1.807, 2.05) is 0 Å². The van der Waals surface area contributed by atoms with Crippen molar-refractivity contribution in [1.29, 1.82) is 0 Å². The molecule has 0 bridgehead atoms. The molecule has 0 fully saturated rings. The van der Waals surface area contributed by atoms with Gasteiger partial charge in [-0.15, -0.1) is 0 Å². The predicted molar refractivity (Wildman–Crippen MR) is 312 cm³/mol. The molecule has 0 N–H and O–H groups in total. The van der Waals surface area contributed by atoms with Crippen molar-refractivity contribution in [3.05, 3.63) is 0 Å². The Morgan fingerprint density at radius 3 is 0.792 bits per heavy atom. The first-order chi connectivity index (χ1) is 35.3. The maximum absolute atomic E-state index is 12.9. The largest absolute Gasteiger partial charge is 0.462 e. The topological polar surface area (TPSA) is 78.9 Å². The summed E-state index contributed by atoms with van der Waals surface area (Å²) in [6.07, 6.45) is 65.2. The van der Waals surface area contributed by atoms with Gasteiger partial charge in [0.2, 0.25) is 0 Å². The molecule has 0 saturated heterocycles. The molecule has 0 aromatic heterocycles. The van der Waals surface area contributed by atoms with Crippen LogP contribution < -0.4 is 0 Å². The van der Waals surface area contributed by atoms with E-state index < -0.39 is 6.10 Å². The van der Waals surface area contributed by atoms with Gasteiger partial charge in [0.15, 0.2) is 6.10 Å². The van der Waals surface area contributed by atoms with Crippen LogP contribution in [0, 0.1) is 11.8 Å². The highest BCUT2D eigenvalue weighted by molar-refractivity contribution is 5.71. The minimum absolute atomic E-state index is 0.0616. The first-order valence-electron chi connectivity index (χ1n) is 32.8. The molecule has 0 spiro atoms. The van der Waals surface area contributed by atoms with Crippen LogP contribution in [-0.4, -0.2) is 37.2 Å². The van der Waals surface area contributed by atoms with Crippen LogP contribution in [0.4, 0.5) is 0 Å². The number of carbonyl (C=O) groups is 3. The summed E-state index contributed by atoms with van der Waals surface area (Å²) in [5.41, 5.74) is 0. The van der Waals surface area contributed by atoms with Crippen molar-refractivity contribution in [2.24, 2.45) is 11.8 Å². The van der Waals surface area contributed by atoms with Gasteiger partial charge in [-0.25, -0.2) is 0 Å². The number of carbonyl (C=O) groups excluding carboxylic acids is 3. The number of hydrogen-bond donors (Lipinski definition) is 0. The average molecular weight is 1020 g/mol. The molecule has 1 unspecified atom stereocenters. The zero-order valence-corrected chi connectivity index (χ0v) is 49.6. The van der Waals surface area contributed by atoms with Gasteiger partial charge in [0, 0.05) is 19.3 Å². The van der Waals surface area contributed by atoms with E-state index >= 15 is 0 Å². The third kappa shape index (κ3) is 57.7. The van der Waals surface area contributed by atoms with Crippen molar-refractivity contribution < 1.29 is 28.6 Å². The highest BCUT2D eigenvalue weighted by atomic mass is 16.6. The monoisotopic (exact) mass is 1020 g/mol. The molecule has 0 rings (SSSR count). The Morgan fingerprint density at radius 2 is 0.528 bits per heavy atom.